The number of primary amides is 1. The number of nitrogens with two attached hydrogens (primary N) is 1. The average Bonchev–Trinajstić information content (AvgIpc) is 3.27. The van der Waals surface area contributed by atoms with Gasteiger partial charge in [-0.25, -0.2) is 19.2 Å². The van der Waals surface area contributed by atoms with Crippen LogP contribution in [0.2, 0.25) is 10.0 Å². The Hall–Kier alpha value is -3.38. The second-order valence-corrected chi connectivity index (χ2v) is 10.7. The predicted molar refractivity (Wildman–Crippen MR) is 146 cm³/mol. The molecule has 0 radical (unpaired) electrons. The smallest absolute Gasteiger partial charge is 0.409 e. The second-order valence-electron chi connectivity index (χ2n) is 9.88. The number of imidazole rings is 1. The van der Waals surface area contributed by atoms with Gasteiger partial charge in [0.1, 0.15) is 11.3 Å². The number of anilines is 3. The Bertz CT molecular complexity index is 1370. The zero-order valence-corrected chi connectivity index (χ0v) is 22.8. The third-order valence-electron chi connectivity index (χ3n) is 7.33. The first-order valence-electron chi connectivity index (χ1n) is 12.8. The van der Waals surface area contributed by atoms with Gasteiger partial charge >= 0.3 is 6.09 Å². The van der Waals surface area contributed by atoms with Gasteiger partial charge in [-0.1, -0.05) is 23.2 Å². The van der Waals surface area contributed by atoms with Crippen LogP contribution < -0.4 is 16.4 Å². The van der Waals surface area contributed by atoms with Crippen LogP contribution in [0, 0.1) is 11.7 Å². The largest absolute Gasteiger partial charge is 0.453 e. The van der Waals surface area contributed by atoms with Crippen molar-refractivity contribution in [1.29, 1.82) is 0 Å². The van der Waals surface area contributed by atoms with E-state index in [0.29, 0.717) is 61.8 Å². The molecule has 2 amide bonds. The monoisotopic (exact) mass is 578 g/mol. The number of piperidine rings is 1. The minimum atomic E-state index is -0.621. The summed E-state index contributed by atoms with van der Waals surface area (Å²) in [6.45, 7) is 1.09. The van der Waals surface area contributed by atoms with Crippen molar-refractivity contribution in [2.75, 3.05) is 30.8 Å². The van der Waals surface area contributed by atoms with Crippen molar-refractivity contribution in [1.82, 2.24) is 24.4 Å². The number of aromatic nitrogens is 4. The maximum Gasteiger partial charge on any atom is 0.409 e. The molecule has 11 nitrogen and oxygen atoms in total. The van der Waals surface area contributed by atoms with Crippen LogP contribution in [0.3, 0.4) is 0 Å². The van der Waals surface area contributed by atoms with Crippen LogP contribution in [0.25, 0.3) is 11.2 Å². The van der Waals surface area contributed by atoms with Crippen molar-refractivity contribution in [3.05, 3.63) is 34.2 Å². The van der Waals surface area contributed by atoms with Crippen LogP contribution in [0.1, 0.15) is 44.6 Å². The lowest BCUT2D eigenvalue weighted by molar-refractivity contribution is -0.122. The number of carbonyl (C=O) groups excluding carboxylic acids is 2. The van der Waals surface area contributed by atoms with E-state index >= 15 is 0 Å². The summed E-state index contributed by atoms with van der Waals surface area (Å²) < 4.78 is 21.6. The fraction of sp³-hybridized carbons (Fsp3) is 0.480. The number of benzene rings is 1. The zero-order chi connectivity index (χ0) is 27.7. The molecule has 0 spiro atoms. The summed E-state index contributed by atoms with van der Waals surface area (Å²) in [5.74, 6) is -0.388. The van der Waals surface area contributed by atoms with E-state index in [4.69, 9.17) is 38.7 Å². The van der Waals surface area contributed by atoms with Gasteiger partial charge in [0.15, 0.2) is 5.65 Å². The van der Waals surface area contributed by atoms with Crippen LogP contribution in [-0.2, 0) is 9.53 Å². The van der Waals surface area contributed by atoms with Crippen LogP contribution >= 0.6 is 23.2 Å². The molecule has 1 aliphatic carbocycles. The predicted octanol–water partition coefficient (Wildman–Crippen LogP) is 4.88. The highest BCUT2D eigenvalue weighted by molar-refractivity contribution is 6.36. The highest BCUT2D eigenvalue weighted by atomic mass is 35.5. The molecule has 2 fully saturated rings. The van der Waals surface area contributed by atoms with Crippen molar-refractivity contribution in [3.8, 4) is 0 Å². The number of nitrogens with zero attached hydrogens (tertiary/aromatic N) is 5. The quantitative estimate of drug-likeness (QED) is 0.376. The fourth-order valence-electron chi connectivity index (χ4n) is 5.36. The standard InChI is InChI=1S/C25H29Cl2FN8O3/c1-39-25(38)35-8-2-3-15(12-35)31-23-30-11-19-22(34-23)36(16-6-4-13(5-7-16)21(29)37)24(32-19)33-20-17(27)9-14(26)10-18(20)28/h9-11,13,15-16H,2-8,12H2,1H3,(H2,29,37)(H,32,33)(H,30,31,34). The van der Waals surface area contributed by atoms with Gasteiger partial charge in [0.25, 0.3) is 0 Å². The van der Waals surface area contributed by atoms with Crippen molar-refractivity contribution in [3.63, 3.8) is 0 Å². The maximum absolute atomic E-state index is 14.8. The molecule has 2 aromatic heterocycles. The van der Waals surface area contributed by atoms with Gasteiger partial charge in [0, 0.05) is 36.1 Å². The van der Waals surface area contributed by atoms with Gasteiger partial charge in [-0.05, 0) is 50.7 Å². The van der Waals surface area contributed by atoms with Crippen molar-refractivity contribution >= 4 is 64.0 Å². The number of hydrogen-bond donors (Lipinski definition) is 3. The van der Waals surface area contributed by atoms with E-state index in [1.807, 2.05) is 4.57 Å². The van der Waals surface area contributed by atoms with E-state index in [1.165, 1.54) is 19.2 Å². The van der Waals surface area contributed by atoms with Gasteiger partial charge < -0.3 is 26.0 Å². The number of hydrogen-bond acceptors (Lipinski definition) is 8. The van der Waals surface area contributed by atoms with Crippen molar-refractivity contribution in [2.24, 2.45) is 11.7 Å². The second kappa shape index (κ2) is 11.4. The molecular formula is C25H29Cl2FN8O3. The lowest BCUT2D eigenvalue weighted by Gasteiger charge is -2.32. The van der Waals surface area contributed by atoms with Crippen molar-refractivity contribution in [2.45, 2.75) is 50.6 Å². The highest BCUT2D eigenvalue weighted by Gasteiger charge is 2.30. The number of nitrogens with one attached hydrogen (secondary N) is 2. The van der Waals surface area contributed by atoms with E-state index < -0.39 is 5.82 Å². The van der Waals surface area contributed by atoms with Crippen LogP contribution in [0.5, 0.6) is 0 Å². The molecule has 1 saturated heterocycles. The minimum absolute atomic E-state index is 0.0415. The third kappa shape index (κ3) is 5.81. The van der Waals surface area contributed by atoms with Gasteiger partial charge in [0.05, 0.1) is 24.0 Å². The number of amides is 2. The number of ether oxygens (including phenoxy) is 1. The number of fused-ring (bicyclic) bond motifs is 1. The fourth-order valence-corrected chi connectivity index (χ4v) is 5.87. The first-order chi connectivity index (χ1) is 18.7. The third-order valence-corrected chi connectivity index (χ3v) is 7.84. The Morgan fingerprint density at radius 1 is 1.15 bits per heavy atom. The summed E-state index contributed by atoms with van der Waals surface area (Å²) in [5, 5.41) is 6.64. The molecule has 1 saturated carbocycles. The Balaban J connectivity index is 1.48. The molecule has 4 N–H and O–H groups in total. The Kier molecular flexibility index (Phi) is 7.94. The Labute approximate surface area is 234 Å². The molecule has 1 atom stereocenters. The molecule has 39 heavy (non-hydrogen) atoms. The number of rotatable bonds is 6. The van der Waals surface area contributed by atoms with E-state index in [0.717, 1.165) is 12.8 Å². The summed E-state index contributed by atoms with van der Waals surface area (Å²) in [4.78, 5) is 39.3. The molecular weight excluding hydrogens is 550 g/mol. The van der Waals surface area contributed by atoms with Crippen molar-refractivity contribution < 1.29 is 18.7 Å². The molecule has 3 aromatic rings. The Morgan fingerprint density at radius 2 is 1.92 bits per heavy atom. The summed E-state index contributed by atoms with van der Waals surface area (Å²) >= 11 is 12.3. The van der Waals surface area contributed by atoms with Gasteiger partial charge in [0.2, 0.25) is 17.8 Å². The molecule has 1 aliphatic heterocycles. The number of carbonyl (C=O) groups is 2. The number of likely N-dealkylation sites (tertiary alicyclic amines) is 1. The molecule has 0 bridgehead atoms. The molecule has 1 unspecified atom stereocenters. The molecule has 208 valence electrons. The Morgan fingerprint density at radius 3 is 2.62 bits per heavy atom. The summed E-state index contributed by atoms with van der Waals surface area (Å²) in [7, 11) is 1.36. The van der Waals surface area contributed by atoms with Gasteiger partial charge in [-0.15, -0.1) is 0 Å². The molecule has 2 aliphatic rings. The topological polar surface area (TPSA) is 140 Å². The minimum Gasteiger partial charge on any atom is -0.453 e. The number of methoxy groups -OCH3 is 1. The normalized spacial score (nSPS) is 21.5. The molecule has 14 heteroatoms. The molecule has 3 heterocycles. The van der Waals surface area contributed by atoms with Crippen LogP contribution in [0.4, 0.5) is 26.8 Å². The SMILES string of the molecule is COC(=O)N1CCCC(Nc2ncc3nc(Nc4c(F)cc(Cl)cc4Cl)n(C4CCC(C(N)=O)CC4)c3n2)C1. The summed E-state index contributed by atoms with van der Waals surface area (Å²) in [6, 6.07) is 2.49. The van der Waals surface area contributed by atoms with Crippen LogP contribution in [-0.4, -0.2) is 62.7 Å². The van der Waals surface area contributed by atoms with E-state index in [1.54, 1.807) is 11.1 Å². The lowest BCUT2D eigenvalue weighted by atomic mass is 9.85. The van der Waals surface area contributed by atoms with Gasteiger partial charge in [-0.3, -0.25) is 9.36 Å². The van der Waals surface area contributed by atoms with E-state index in [-0.39, 0.29) is 45.7 Å². The average molecular weight is 579 g/mol. The molecule has 1 aromatic carbocycles. The lowest BCUT2D eigenvalue weighted by Crippen LogP contribution is -2.45. The van der Waals surface area contributed by atoms with Crippen LogP contribution in [0.15, 0.2) is 18.3 Å². The first kappa shape index (κ1) is 27.2. The summed E-state index contributed by atoms with van der Waals surface area (Å²) in [5.41, 5.74) is 6.64. The maximum atomic E-state index is 14.8. The zero-order valence-electron chi connectivity index (χ0n) is 21.3. The first-order valence-corrected chi connectivity index (χ1v) is 13.5. The summed E-state index contributed by atoms with van der Waals surface area (Å²) in [6.07, 6.45) is 5.45. The highest BCUT2D eigenvalue weighted by Crippen LogP contribution is 2.38. The molecule has 5 rings (SSSR count). The van der Waals surface area contributed by atoms with Gasteiger partial charge in [-0.2, -0.15) is 4.98 Å². The number of halogens is 3. The van der Waals surface area contributed by atoms with E-state index in [9.17, 15) is 14.0 Å². The van der Waals surface area contributed by atoms with E-state index in [2.05, 4.69) is 20.6 Å².